The molecule has 5 rings (SSSR count). The highest BCUT2D eigenvalue weighted by Gasteiger charge is 2.26. The van der Waals surface area contributed by atoms with Gasteiger partial charge in [-0.1, -0.05) is 72.8 Å². The molecule has 0 bridgehead atoms. The minimum atomic E-state index is 0.0572. The van der Waals surface area contributed by atoms with Crippen LogP contribution in [0.25, 0.3) is 11.3 Å². The monoisotopic (exact) mass is 476 g/mol. The number of piperazine rings is 1. The van der Waals surface area contributed by atoms with Crippen molar-refractivity contribution in [2.75, 3.05) is 31.1 Å². The Morgan fingerprint density at radius 2 is 1.39 bits per heavy atom. The molecule has 1 fully saturated rings. The Bertz CT molecular complexity index is 1260. The summed E-state index contributed by atoms with van der Waals surface area (Å²) < 4.78 is 0. The van der Waals surface area contributed by atoms with Crippen molar-refractivity contribution in [2.24, 2.45) is 0 Å². The topological polar surface area (TPSA) is 49.3 Å². The SMILES string of the molecule is Cc1ccc(-c2ccc(N3CCN(C(=O)CC(c4ccccc4)c4ccccc4)CC3)nn2)cc1C. The third-order valence-electron chi connectivity index (χ3n) is 7.19. The number of nitrogens with zero attached hydrogens (tertiary/aromatic N) is 4. The molecule has 182 valence electrons. The van der Waals surface area contributed by atoms with Gasteiger partial charge in [0.1, 0.15) is 0 Å². The fourth-order valence-corrected chi connectivity index (χ4v) is 4.84. The van der Waals surface area contributed by atoms with Crippen LogP contribution in [0.5, 0.6) is 0 Å². The molecule has 0 unspecified atom stereocenters. The number of hydrogen-bond donors (Lipinski definition) is 0. The molecule has 3 aromatic carbocycles. The highest BCUT2D eigenvalue weighted by Crippen LogP contribution is 2.29. The zero-order valence-corrected chi connectivity index (χ0v) is 21.0. The summed E-state index contributed by atoms with van der Waals surface area (Å²) in [5.41, 5.74) is 6.84. The normalized spacial score (nSPS) is 13.8. The summed E-state index contributed by atoms with van der Waals surface area (Å²) in [6, 6.07) is 31.1. The van der Waals surface area contributed by atoms with Gasteiger partial charge in [0, 0.05) is 44.1 Å². The second-order valence-corrected chi connectivity index (χ2v) is 9.52. The van der Waals surface area contributed by atoms with Gasteiger partial charge in [-0.3, -0.25) is 4.79 Å². The van der Waals surface area contributed by atoms with E-state index in [1.54, 1.807) is 0 Å². The highest BCUT2D eigenvalue weighted by molar-refractivity contribution is 5.78. The molecule has 1 aliphatic rings. The molecular weight excluding hydrogens is 444 g/mol. The van der Waals surface area contributed by atoms with Gasteiger partial charge in [-0.05, 0) is 54.3 Å². The van der Waals surface area contributed by atoms with E-state index in [1.165, 1.54) is 22.3 Å². The Balaban J connectivity index is 1.22. The zero-order valence-electron chi connectivity index (χ0n) is 21.0. The third kappa shape index (κ3) is 5.30. The van der Waals surface area contributed by atoms with Gasteiger partial charge in [0.2, 0.25) is 5.91 Å². The van der Waals surface area contributed by atoms with Crippen LogP contribution >= 0.6 is 0 Å². The van der Waals surface area contributed by atoms with E-state index in [4.69, 9.17) is 0 Å². The predicted octanol–water partition coefficient (Wildman–Crippen LogP) is 5.63. The molecule has 1 aliphatic heterocycles. The van der Waals surface area contributed by atoms with Gasteiger partial charge in [0.25, 0.3) is 0 Å². The Kier molecular flexibility index (Phi) is 7.08. The first kappa shape index (κ1) is 23.7. The number of amides is 1. The molecule has 0 radical (unpaired) electrons. The second kappa shape index (κ2) is 10.7. The smallest absolute Gasteiger partial charge is 0.223 e. The van der Waals surface area contributed by atoms with Crippen LogP contribution < -0.4 is 4.90 Å². The molecule has 5 nitrogen and oxygen atoms in total. The van der Waals surface area contributed by atoms with Crippen LogP contribution in [0.4, 0.5) is 5.82 Å². The van der Waals surface area contributed by atoms with Crippen molar-refractivity contribution in [2.45, 2.75) is 26.2 Å². The molecule has 36 heavy (non-hydrogen) atoms. The van der Waals surface area contributed by atoms with Crippen LogP contribution in [0.15, 0.2) is 91.0 Å². The molecule has 1 amide bonds. The van der Waals surface area contributed by atoms with Crippen LogP contribution in [0.2, 0.25) is 0 Å². The second-order valence-electron chi connectivity index (χ2n) is 9.52. The van der Waals surface area contributed by atoms with E-state index in [1.807, 2.05) is 53.4 Å². The third-order valence-corrected chi connectivity index (χ3v) is 7.19. The molecule has 0 saturated carbocycles. The Hall–Kier alpha value is -3.99. The number of carbonyl (C=O) groups is 1. The van der Waals surface area contributed by atoms with Crippen molar-refractivity contribution in [3.8, 4) is 11.3 Å². The van der Waals surface area contributed by atoms with Gasteiger partial charge in [0.15, 0.2) is 5.82 Å². The molecule has 4 aromatic rings. The first-order valence-electron chi connectivity index (χ1n) is 12.6. The van der Waals surface area contributed by atoms with Gasteiger partial charge in [-0.2, -0.15) is 0 Å². The quantitative estimate of drug-likeness (QED) is 0.362. The highest BCUT2D eigenvalue weighted by atomic mass is 16.2. The number of rotatable bonds is 6. The number of anilines is 1. The Labute approximate surface area is 213 Å². The molecule has 0 atom stereocenters. The van der Waals surface area contributed by atoms with E-state index in [0.717, 1.165) is 30.2 Å². The molecule has 1 aromatic heterocycles. The van der Waals surface area contributed by atoms with E-state index >= 15 is 0 Å². The Morgan fingerprint density at radius 3 is 1.94 bits per heavy atom. The average molecular weight is 477 g/mol. The molecule has 0 aliphatic carbocycles. The van der Waals surface area contributed by atoms with Crippen molar-refractivity contribution in [3.05, 3.63) is 113 Å². The van der Waals surface area contributed by atoms with Crippen LogP contribution in [0.1, 0.15) is 34.6 Å². The van der Waals surface area contributed by atoms with Gasteiger partial charge in [-0.25, -0.2) is 0 Å². The molecule has 0 spiro atoms. The van der Waals surface area contributed by atoms with E-state index in [-0.39, 0.29) is 11.8 Å². The standard InChI is InChI=1S/C31H32N4O/c1-23-13-14-27(21-24(23)2)29-15-16-30(33-32-29)34-17-19-35(20-18-34)31(36)22-28(25-9-5-3-6-10-25)26-11-7-4-8-12-26/h3-16,21,28H,17-20,22H2,1-2H3. The van der Waals surface area contributed by atoms with Gasteiger partial charge in [0.05, 0.1) is 5.69 Å². The number of aryl methyl sites for hydroxylation is 2. The van der Waals surface area contributed by atoms with Crippen LogP contribution in [0, 0.1) is 13.8 Å². The van der Waals surface area contributed by atoms with Crippen molar-refractivity contribution in [1.29, 1.82) is 0 Å². The predicted molar refractivity (Wildman–Crippen MR) is 145 cm³/mol. The molecule has 2 heterocycles. The summed E-state index contributed by atoms with van der Waals surface area (Å²) in [5, 5.41) is 8.98. The lowest BCUT2D eigenvalue weighted by molar-refractivity contribution is -0.131. The summed E-state index contributed by atoms with van der Waals surface area (Å²) in [4.78, 5) is 17.5. The molecule has 1 saturated heterocycles. The zero-order chi connectivity index (χ0) is 24.9. The molecule has 5 heteroatoms. The lowest BCUT2D eigenvalue weighted by Crippen LogP contribution is -2.49. The summed E-state index contributed by atoms with van der Waals surface area (Å²) in [7, 11) is 0. The summed E-state index contributed by atoms with van der Waals surface area (Å²) in [6.45, 7) is 7.12. The number of hydrogen-bond acceptors (Lipinski definition) is 4. The first-order valence-corrected chi connectivity index (χ1v) is 12.6. The van der Waals surface area contributed by atoms with Crippen molar-refractivity contribution in [1.82, 2.24) is 15.1 Å². The number of aromatic nitrogens is 2. The number of carbonyl (C=O) groups excluding carboxylic acids is 1. The van der Waals surface area contributed by atoms with Crippen LogP contribution in [-0.2, 0) is 4.79 Å². The average Bonchev–Trinajstić information content (AvgIpc) is 2.94. The molecular formula is C31H32N4O. The first-order chi connectivity index (χ1) is 17.6. The maximum absolute atomic E-state index is 13.3. The van der Waals surface area contributed by atoms with E-state index < -0.39 is 0 Å². The van der Waals surface area contributed by atoms with Crippen LogP contribution in [0.3, 0.4) is 0 Å². The maximum atomic E-state index is 13.3. The van der Waals surface area contributed by atoms with Crippen LogP contribution in [-0.4, -0.2) is 47.2 Å². The van der Waals surface area contributed by atoms with Gasteiger partial charge >= 0.3 is 0 Å². The number of benzene rings is 3. The van der Waals surface area contributed by atoms with Crippen molar-refractivity contribution < 1.29 is 4.79 Å². The summed E-state index contributed by atoms with van der Waals surface area (Å²) in [6.07, 6.45) is 0.471. The summed E-state index contributed by atoms with van der Waals surface area (Å²) >= 11 is 0. The van der Waals surface area contributed by atoms with Crippen molar-refractivity contribution in [3.63, 3.8) is 0 Å². The maximum Gasteiger partial charge on any atom is 0.223 e. The largest absolute Gasteiger partial charge is 0.352 e. The lowest BCUT2D eigenvalue weighted by Gasteiger charge is -2.36. The van der Waals surface area contributed by atoms with Gasteiger partial charge < -0.3 is 9.80 Å². The van der Waals surface area contributed by atoms with Gasteiger partial charge in [-0.15, -0.1) is 10.2 Å². The lowest BCUT2D eigenvalue weighted by atomic mass is 9.88. The fourth-order valence-electron chi connectivity index (χ4n) is 4.84. The van der Waals surface area contributed by atoms with E-state index in [2.05, 4.69) is 71.4 Å². The van der Waals surface area contributed by atoms with Crippen molar-refractivity contribution >= 4 is 11.7 Å². The minimum Gasteiger partial charge on any atom is -0.352 e. The summed E-state index contributed by atoms with van der Waals surface area (Å²) in [5.74, 6) is 1.12. The van der Waals surface area contributed by atoms with E-state index in [0.29, 0.717) is 19.5 Å². The Morgan fingerprint density at radius 1 is 0.750 bits per heavy atom. The fraction of sp³-hybridized carbons (Fsp3) is 0.258. The minimum absolute atomic E-state index is 0.0572. The van der Waals surface area contributed by atoms with E-state index in [9.17, 15) is 4.79 Å². The molecule has 0 N–H and O–H groups in total.